The van der Waals surface area contributed by atoms with Crippen LogP contribution >= 0.6 is 23.2 Å². The Labute approximate surface area is 110 Å². The van der Waals surface area contributed by atoms with Crippen molar-refractivity contribution in [2.24, 2.45) is 0 Å². The van der Waals surface area contributed by atoms with Crippen molar-refractivity contribution in [2.45, 2.75) is 12.8 Å². The highest BCUT2D eigenvalue weighted by atomic mass is 35.5. The molecule has 4 heteroatoms. The topological polar surface area (TPSA) is 22.1 Å². The monoisotopic (exact) mass is 267 g/mol. The van der Waals surface area contributed by atoms with Gasteiger partial charge in [-0.15, -0.1) is 11.6 Å². The van der Waals surface area contributed by atoms with Gasteiger partial charge in [0.2, 0.25) is 5.88 Å². The fourth-order valence-corrected chi connectivity index (χ4v) is 1.83. The van der Waals surface area contributed by atoms with Crippen LogP contribution in [0.15, 0.2) is 36.5 Å². The molecule has 0 aliphatic rings. The third-order valence-corrected chi connectivity index (χ3v) is 2.86. The van der Waals surface area contributed by atoms with Gasteiger partial charge in [-0.05, 0) is 36.2 Å². The molecule has 0 aliphatic heterocycles. The molecule has 1 aromatic heterocycles. The fraction of sp³-hybridized carbons (Fsp3) is 0.154. The smallest absolute Gasteiger partial charge is 0.219 e. The third kappa shape index (κ3) is 3.11. The van der Waals surface area contributed by atoms with E-state index in [4.69, 9.17) is 27.9 Å². The van der Waals surface area contributed by atoms with Gasteiger partial charge < -0.3 is 4.74 Å². The van der Waals surface area contributed by atoms with Crippen LogP contribution in [0.3, 0.4) is 0 Å². The molecule has 0 unspecified atom stereocenters. The molecule has 88 valence electrons. The number of hydrogen-bond acceptors (Lipinski definition) is 2. The predicted molar refractivity (Wildman–Crippen MR) is 70.1 cm³/mol. The van der Waals surface area contributed by atoms with E-state index in [0.29, 0.717) is 22.5 Å². The summed E-state index contributed by atoms with van der Waals surface area (Å²) < 4.78 is 5.60. The van der Waals surface area contributed by atoms with Crippen molar-refractivity contribution in [3.8, 4) is 11.6 Å². The first kappa shape index (κ1) is 12.2. The van der Waals surface area contributed by atoms with Crippen LogP contribution in [-0.4, -0.2) is 4.98 Å². The number of hydrogen-bond donors (Lipinski definition) is 0. The van der Waals surface area contributed by atoms with Crippen LogP contribution in [0.5, 0.6) is 11.6 Å². The first-order valence-corrected chi connectivity index (χ1v) is 6.05. The van der Waals surface area contributed by atoms with Gasteiger partial charge in [0.05, 0.1) is 5.02 Å². The van der Waals surface area contributed by atoms with E-state index in [1.165, 1.54) is 0 Å². The highest BCUT2D eigenvalue weighted by Gasteiger charge is 2.04. The maximum absolute atomic E-state index is 6.07. The average molecular weight is 268 g/mol. The Morgan fingerprint density at radius 2 is 2.06 bits per heavy atom. The van der Waals surface area contributed by atoms with Crippen LogP contribution in [0.1, 0.15) is 11.1 Å². The van der Waals surface area contributed by atoms with Crippen molar-refractivity contribution < 1.29 is 4.74 Å². The maximum Gasteiger partial charge on any atom is 0.219 e. The Kier molecular flexibility index (Phi) is 3.87. The van der Waals surface area contributed by atoms with Gasteiger partial charge in [-0.25, -0.2) is 4.98 Å². The number of halogens is 2. The van der Waals surface area contributed by atoms with Gasteiger partial charge in [-0.1, -0.05) is 17.7 Å². The highest BCUT2D eigenvalue weighted by Crippen LogP contribution is 2.29. The van der Waals surface area contributed by atoms with Gasteiger partial charge in [0.25, 0.3) is 0 Å². The molecule has 0 bridgehead atoms. The number of nitrogens with zero attached hydrogens (tertiary/aromatic N) is 1. The van der Waals surface area contributed by atoms with E-state index in [1.54, 1.807) is 12.3 Å². The van der Waals surface area contributed by atoms with Crippen molar-refractivity contribution in [1.29, 1.82) is 0 Å². The summed E-state index contributed by atoms with van der Waals surface area (Å²) in [6, 6.07) is 9.25. The lowest BCUT2D eigenvalue weighted by molar-refractivity contribution is 0.462. The fourth-order valence-electron chi connectivity index (χ4n) is 1.39. The first-order valence-electron chi connectivity index (χ1n) is 5.14. The molecular weight excluding hydrogens is 257 g/mol. The summed E-state index contributed by atoms with van der Waals surface area (Å²) >= 11 is 11.8. The minimum Gasteiger partial charge on any atom is -0.437 e. The normalized spacial score (nSPS) is 10.3. The second kappa shape index (κ2) is 5.39. The summed E-state index contributed by atoms with van der Waals surface area (Å²) in [6.45, 7) is 1.97. The van der Waals surface area contributed by atoms with E-state index in [0.717, 1.165) is 11.1 Å². The molecule has 2 aromatic rings. The molecule has 0 fully saturated rings. The minimum atomic E-state index is 0.431. The molecule has 17 heavy (non-hydrogen) atoms. The molecule has 0 amide bonds. The molecule has 1 heterocycles. The summed E-state index contributed by atoms with van der Waals surface area (Å²) in [6.07, 6.45) is 1.66. The van der Waals surface area contributed by atoms with Gasteiger partial charge in [0, 0.05) is 18.1 Å². The van der Waals surface area contributed by atoms with Gasteiger partial charge in [0.15, 0.2) is 0 Å². The number of aryl methyl sites for hydroxylation is 1. The van der Waals surface area contributed by atoms with Gasteiger partial charge in [0.1, 0.15) is 5.75 Å². The number of benzene rings is 1. The summed E-state index contributed by atoms with van der Waals surface area (Å²) in [4.78, 5) is 4.11. The number of aromatic nitrogens is 1. The van der Waals surface area contributed by atoms with Crippen LogP contribution in [0.2, 0.25) is 5.02 Å². The van der Waals surface area contributed by atoms with Crippen LogP contribution in [0.25, 0.3) is 0 Å². The molecule has 0 aliphatic carbocycles. The van der Waals surface area contributed by atoms with E-state index in [2.05, 4.69) is 4.98 Å². The number of pyridine rings is 1. The minimum absolute atomic E-state index is 0.431. The average Bonchev–Trinajstić information content (AvgIpc) is 2.33. The van der Waals surface area contributed by atoms with Gasteiger partial charge in [-0.2, -0.15) is 0 Å². The second-order valence-electron chi connectivity index (χ2n) is 3.67. The molecule has 0 atom stereocenters. The van der Waals surface area contributed by atoms with E-state index < -0.39 is 0 Å². The molecule has 0 spiro atoms. The zero-order valence-electron chi connectivity index (χ0n) is 9.28. The Morgan fingerprint density at radius 3 is 2.76 bits per heavy atom. The van der Waals surface area contributed by atoms with Crippen molar-refractivity contribution in [2.75, 3.05) is 0 Å². The van der Waals surface area contributed by atoms with E-state index in [-0.39, 0.29) is 0 Å². The predicted octanol–water partition coefficient (Wildman–Crippen LogP) is 4.57. The van der Waals surface area contributed by atoms with Crippen LogP contribution in [0, 0.1) is 6.92 Å². The third-order valence-electron chi connectivity index (χ3n) is 2.26. The zero-order valence-corrected chi connectivity index (χ0v) is 10.8. The van der Waals surface area contributed by atoms with Crippen molar-refractivity contribution in [3.05, 3.63) is 52.7 Å². The quantitative estimate of drug-likeness (QED) is 0.760. The van der Waals surface area contributed by atoms with Crippen molar-refractivity contribution in [1.82, 2.24) is 4.98 Å². The summed E-state index contributed by atoms with van der Waals surface area (Å²) in [5, 5.41) is 0.572. The zero-order chi connectivity index (χ0) is 12.3. The summed E-state index contributed by atoms with van der Waals surface area (Å²) in [5.74, 6) is 1.52. The lowest BCUT2D eigenvalue weighted by Gasteiger charge is -2.07. The molecule has 2 nitrogen and oxygen atoms in total. The maximum atomic E-state index is 6.07. The lowest BCUT2D eigenvalue weighted by Crippen LogP contribution is -1.90. The van der Waals surface area contributed by atoms with Crippen LogP contribution in [0.4, 0.5) is 0 Å². The number of alkyl halides is 1. The molecule has 2 rings (SSSR count). The lowest BCUT2D eigenvalue weighted by atomic mass is 10.2. The Bertz CT molecular complexity index is 529. The second-order valence-corrected chi connectivity index (χ2v) is 4.35. The highest BCUT2D eigenvalue weighted by molar-refractivity contribution is 6.32. The number of rotatable bonds is 3. The van der Waals surface area contributed by atoms with Crippen LogP contribution in [-0.2, 0) is 5.88 Å². The molecule has 1 aromatic carbocycles. The summed E-state index contributed by atoms with van der Waals surface area (Å²) in [5.41, 5.74) is 2.05. The first-order chi connectivity index (χ1) is 8.19. The standard InChI is InChI=1S/C13H11Cl2NO/c1-9-2-3-12(11(15)6-9)17-13-7-10(8-14)4-5-16-13/h2-7H,8H2,1H3. The van der Waals surface area contributed by atoms with Crippen molar-refractivity contribution in [3.63, 3.8) is 0 Å². The Balaban J connectivity index is 2.25. The molecular formula is C13H11Cl2NO. The molecule has 0 radical (unpaired) electrons. The molecule has 0 saturated carbocycles. The van der Waals surface area contributed by atoms with Gasteiger partial charge in [-0.3, -0.25) is 0 Å². The number of ether oxygens (including phenoxy) is 1. The SMILES string of the molecule is Cc1ccc(Oc2cc(CCl)ccn2)c(Cl)c1. The van der Waals surface area contributed by atoms with E-state index in [9.17, 15) is 0 Å². The van der Waals surface area contributed by atoms with E-state index in [1.807, 2.05) is 31.2 Å². The van der Waals surface area contributed by atoms with E-state index >= 15 is 0 Å². The summed E-state index contributed by atoms with van der Waals surface area (Å²) in [7, 11) is 0. The Morgan fingerprint density at radius 1 is 1.24 bits per heavy atom. The van der Waals surface area contributed by atoms with Crippen LogP contribution < -0.4 is 4.74 Å². The Hall–Kier alpha value is -1.25. The molecule has 0 N–H and O–H groups in total. The molecule has 0 saturated heterocycles. The van der Waals surface area contributed by atoms with Crippen molar-refractivity contribution >= 4 is 23.2 Å². The largest absolute Gasteiger partial charge is 0.437 e. The van der Waals surface area contributed by atoms with Gasteiger partial charge >= 0.3 is 0 Å².